The van der Waals surface area contributed by atoms with Gasteiger partial charge < -0.3 is 15.0 Å². The molecule has 1 aromatic heterocycles. The zero-order chi connectivity index (χ0) is 17.5. The molecule has 1 aromatic carbocycles. The molecule has 2 aromatic rings. The number of nitrogens with one attached hydrogen (secondary N) is 1. The molecule has 1 N–H and O–H groups in total. The number of ether oxygens (including phenoxy) is 1. The highest BCUT2D eigenvalue weighted by Crippen LogP contribution is 2.20. The van der Waals surface area contributed by atoms with Crippen LogP contribution >= 0.6 is 0 Å². The summed E-state index contributed by atoms with van der Waals surface area (Å²) in [5, 5.41) is 3.21. The predicted molar refractivity (Wildman–Crippen MR) is 97.6 cm³/mol. The van der Waals surface area contributed by atoms with Crippen molar-refractivity contribution in [3.05, 3.63) is 42.1 Å². The van der Waals surface area contributed by atoms with Crippen LogP contribution in [0.3, 0.4) is 0 Å². The van der Waals surface area contributed by atoms with E-state index in [2.05, 4.69) is 15.3 Å². The Kier molecular flexibility index (Phi) is 5.95. The van der Waals surface area contributed by atoms with Gasteiger partial charge >= 0.3 is 0 Å². The first-order valence-electron chi connectivity index (χ1n) is 8.74. The third-order valence-electron chi connectivity index (χ3n) is 4.23. The Balaban J connectivity index is 1.89. The number of aromatic nitrogens is 2. The maximum atomic E-state index is 12.8. The van der Waals surface area contributed by atoms with Gasteiger partial charge in [0.05, 0.1) is 6.61 Å². The third-order valence-corrected chi connectivity index (χ3v) is 4.23. The van der Waals surface area contributed by atoms with Gasteiger partial charge in [0.2, 0.25) is 0 Å². The fraction of sp³-hybridized carbons (Fsp3) is 0.421. The molecule has 6 nitrogen and oxygen atoms in total. The minimum Gasteiger partial charge on any atom is -0.383 e. The van der Waals surface area contributed by atoms with E-state index in [4.69, 9.17) is 4.74 Å². The van der Waals surface area contributed by atoms with Gasteiger partial charge in [0.15, 0.2) is 5.82 Å². The molecule has 25 heavy (non-hydrogen) atoms. The number of piperidine rings is 1. The van der Waals surface area contributed by atoms with Crippen molar-refractivity contribution in [1.29, 1.82) is 0 Å². The molecule has 2 heterocycles. The topological polar surface area (TPSA) is 67.3 Å². The van der Waals surface area contributed by atoms with E-state index in [9.17, 15) is 4.79 Å². The first-order chi connectivity index (χ1) is 12.3. The lowest BCUT2D eigenvalue weighted by atomic mass is 10.1. The molecule has 0 aliphatic carbocycles. The molecular formula is C19H24N4O2. The highest BCUT2D eigenvalue weighted by atomic mass is 16.5. The second-order valence-electron chi connectivity index (χ2n) is 6.10. The van der Waals surface area contributed by atoms with E-state index < -0.39 is 0 Å². The number of carbonyl (C=O) groups excluding carboxylic acids is 1. The SMILES string of the molecule is COCCNc1cc(C(=O)N2CCCCC2)nc(-c2ccccc2)n1. The standard InChI is InChI=1S/C19H24N4O2/c1-25-13-10-20-17-14-16(19(24)23-11-6-3-7-12-23)21-18(22-17)15-8-4-2-5-9-15/h2,4-5,8-9,14H,3,6-7,10-13H2,1H3,(H,20,21,22). The fourth-order valence-electron chi connectivity index (χ4n) is 2.90. The van der Waals surface area contributed by atoms with Gasteiger partial charge in [-0.2, -0.15) is 0 Å². The summed E-state index contributed by atoms with van der Waals surface area (Å²) in [5.41, 5.74) is 1.33. The second-order valence-corrected chi connectivity index (χ2v) is 6.10. The Bertz CT molecular complexity index is 700. The summed E-state index contributed by atoms with van der Waals surface area (Å²) in [6.07, 6.45) is 3.30. The number of anilines is 1. The third kappa shape index (κ3) is 4.54. The summed E-state index contributed by atoms with van der Waals surface area (Å²) in [7, 11) is 1.66. The van der Waals surface area contributed by atoms with Gasteiger partial charge in [-0.3, -0.25) is 4.79 Å². The number of methoxy groups -OCH3 is 1. The zero-order valence-corrected chi connectivity index (χ0v) is 14.6. The van der Waals surface area contributed by atoms with Crippen molar-refractivity contribution in [1.82, 2.24) is 14.9 Å². The van der Waals surface area contributed by atoms with E-state index in [-0.39, 0.29) is 5.91 Å². The molecule has 0 atom stereocenters. The number of hydrogen-bond donors (Lipinski definition) is 1. The lowest BCUT2D eigenvalue weighted by molar-refractivity contribution is 0.0718. The summed E-state index contributed by atoms with van der Waals surface area (Å²) in [6.45, 7) is 2.80. The van der Waals surface area contributed by atoms with Crippen molar-refractivity contribution >= 4 is 11.7 Å². The van der Waals surface area contributed by atoms with Crippen molar-refractivity contribution in [2.75, 3.05) is 38.7 Å². The summed E-state index contributed by atoms with van der Waals surface area (Å²) in [4.78, 5) is 23.8. The first-order valence-corrected chi connectivity index (χ1v) is 8.74. The monoisotopic (exact) mass is 340 g/mol. The molecular weight excluding hydrogens is 316 g/mol. The van der Waals surface area contributed by atoms with E-state index >= 15 is 0 Å². The number of benzene rings is 1. The van der Waals surface area contributed by atoms with Crippen LogP contribution in [0.4, 0.5) is 5.82 Å². The molecule has 0 saturated carbocycles. The molecule has 1 amide bonds. The Hall–Kier alpha value is -2.47. The maximum absolute atomic E-state index is 12.8. The van der Waals surface area contributed by atoms with Gasteiger partial charge in [0, 0.05) is 38.4 Å². The van der Waals surface area contributed by atoms with Crippen molar-refractivity contribution < 1.29 is 9.53 Å². The number of nitrogens with zero attached hydrogens (tertiary/aromatic N) is 3. The molecule has 0 spiro atoms. The van der Waals surface area contributed by atoms with E-state index in [0.717, 1.165) is 31.5 Å². The van der Waals surface area contributed by atoms with Gasteiger partial charge in [-0.25, -0.2) is 9.97 Å². The lowest BCUT2D eigenvalue weighted by Crippen LogP contribution is -2.36. The normalized spacial score (nSPS) is 14.4. The smallest absolute Gasteiger partial charge is 0.272 e. The van der Waals surface area contributed by atoms with Gasteiger partial charge in [-0.15, -0.1) is 0 Å². The van der Waals surface area contributed by atoms with Crippen molar-refractivity contribution in [2.45, 2.75) is 19.3 Å². The summed E-state index contributed by atoms with van der Waals surface area (Å²) in [5.74, 6) is 1.18. The number of rotatable bonds is 6. The minimum atomic E-state index is -0.0194. The Labute approximate surface area is 148 Å². The van der Waals surface area contributed by atoms with E-state index in [0.29, 0.717) is 30.5 Å². The van der Waals surface area contributed by atoms with Gasteiger partial charge in [-0.1, -0.05) is 30.3 Å². The summed E-state index contributed by atoms with van der Waals surface area (Å²) >= 11 is 0. The molecule has 1 aliphatic heterocycles. The molecule has 3 rings (SSSR count). The first kappa shape index (κ1) is 17.4. The van der Waals surface area contributed by atoms with Crippen LogP contribution in [0, 0.1) is 0 Å². The molecule has 0 unspecified atom stereocenters. The number of likely N-dealkylation sites (tertiary alicyclic amines) is 1. The minimum absolute atomic E-state index is 0.0194. The second kappa shape index (κ2) is 8.58. The van der Waals surface area contributed by atoms with Crippen LogP contribution in [0.15, 0.2) is 36.4 Å². The Morgan fingerprint density at radius 1 is 1.16 bits per heavy atom. The van der Waals surface area contributed by atoms with Crippen LogP contribution in [-0.2, 0) is 4.74 Å². The highest BCUT2D eigenvalue weighted by Gasteiger charge is 2.21. The van der Waals surface area contributed by atoms with E-state index in [1.807, 2.05) is 35.2 Å². The number of carbonyl (C=O) groups is 1. The molecule has 1 saturated heterocycles. The molecule has 0 bridgehead atoms. The molecule has 0 radical (unpaired) electrons. The fourth-order valence-corrected chi connectivity index (χ4v) is 2.90. The van der Waals surface area contributed by atoms with E-state index in [1.165, 1.54) is 6.42 Å². The Morgan fingerprint density at radius 3 is 2.64 bits per heavy atom. The molecule has 1 aliphatic rings. The van der Waals surface area contributed by atoms with E-state index in [1.54, 1.807) is 13.2 Å². The van der Waals surface area contributed by atoms with Gasteiger partial charge in [-0.05, 0) is 19.3 Å². The van der Waals surface area contributed by atoms with Crippen LogP contribution in [0.5, 0.6) is 0 Å². The average molecular weight is 340 g/mol. The average Bonchev–Trinajstić information content (AvgIpc) is 2.69. The van der Waals surface area contributed by atoms with Crippen LogP contribution in [-0.4, -0.2) is 54.1 Å². The number of amides is 1. The van der Waals surface area contributed by atoms with Crippen LogP contribution in [0.2, 0.25) is 0 Å². The molecule has 6 heteroatoms. The summed E-state index contributed by atoms with van der Waals surface area (Å²) in [6, 6.07) is 11.5. The Morgan fingerprint density at radius 2 is 1.92 bits per heavy atom. The van der Waals surface area contributed by atoms with Crippen LogP contribution < -0.4 is 5.32 Å². The van der Waals surface area contributed by atoms with Crippen molar-refractivity contribution in [3.63, 3.8) is 0 Å². The van der Waals surface area contributed by atoms with Crippen molar-refractivity contribution in [2.24, 2.45) is 0 Å². The lowest BCUT2D eigenvalue weighted by Gasteiger charge is -2.26. The predicted octanol–water partition coefficient (Wildman–Crippen LogP) is 2.83. The zero-order valence-electron chi connectivity index (χ0n) is 14.6. The van der Waals surface area contributed by atoms with Crippen LogP contribution in [0.1, 0.15) is 29.8 Å². The largest absolute Gasteiger partial charge is 0.383 e. The van der Waals surface area contributed by atoms with Crippen molar-refractivity contribution in [3.8, 4) is 11.4 Å². The molecule has 132 valence electrons. The number of hydrogen-bond acceptors (Lipinski definition) is 5. The van der Waals surface area contributed by atoms with Gasteiger partial charge in [0.1, 0.15) is 11.5 Å². The van der Waals surface area contributed by atoms with Crippen LogP contribution in [0.25, 0.3) is 11.4 Å². The van der Waals surface area contributed by atoms with Gasteiger partial charge in [0.25, 0.3) is 5.91 Å². The summed E-state index contributed by atoms with van der Waals surface area (Å²) < 4.78 is 5.07. The maximum Gasteiger partial charge on any atom is 0.272 e. The highest BCUT2D eigenvalue weighted by molar-refractivity contribution is 5.93. The molecule has 1 fully saturated rings. The quantitative estimate of drug-likeness (QED) is 0.819.